The van der Waals surface area contributed by atoms with Crippen LogP contribution in [0, 0.1) is 6.92 Å². The van der Waals surface area contributed by atoms with E-state index in [0.29, 0.717) is 11.5 Å². The van der Waals surface area contributed by atoms with Crippen molar-refractivity contribution < 1.29 is 8.42 Å². The van der Waals surface area contributed by atoms with Crippen LogP contribution < -0.4 is 4.72 Å². The van der Waals surface area contributed by atoms with Crippen LogP contribution in [0.4, 0.5) is 0 Å². The minimum absolute atomic E-state index is 0.0390. The summed E-state index contributed by atoms with van der Waals surface area (Å²) in [5.74, 6) is 0.432. The second-order valence-corrected chi connectivity index (χ2v) is 6.64. The number of hydrogen-bond acceptors (Lipinski definition) is 6. The molecule has 92 valence electrons. The average molecular weight is 294 g/mol. The highest BCUT2D eigenvalue weighted by atomic mass is 35.5. The molecule has 2 aromatic rings. The van der Waals surface area contributed by atoms with Gasteiger partial charge < -0.3 is 0 Å². The number of aromatic amines is 1. The molecule has 0 bridgehead atoms. The van der Waals surface area contributed by atoms with Crippen molar-refractivity contribution in [3.05, 3.63) is 22.3 Å². The van der Waals surface area contributed by atoms with E-state index in [1.165, 1.54) is 6.33 Å². The molecule has 17 heavy (non-hydrogen) atoms. The molecule has 0 aliphatic rings. The van der Waals surface area contributed by atoms with E-state index >= 15 is 0 Å². The summed E-state index contributed by atoms with van der Waals surface area (Å²) in [5.41, 5.74) is 0.380. The lowest BCUT2D eigenvalue weighted by molar-refractivity contribution is 0.580. The summed E-state index contributed by atoms with van der Waals surface area (Å²) in [6.07, 6.45) is 1.30. The first-order chi connectivity index (χ1) is 7.99. The van der Waals surface area contributed by atoms with E-state index in [1.807, 2.05) is 0 Å². The van der Waals surface area contributed by atoms with E-state index in [0.717, 1.165) is 11.3 Å². The highest BCUT2D eigenvalue weighted by Crippen LogP contribution is 2.26. The number of thiazole rings is 1. The molecular formula is C7H8ClN5O2S2. The predicted molar refractivity (Wildman–Crippen MR) is 62.3 cm³/mol. The molecule has 0 fully saturated rings. The second kappa shape index (κ2) is 4.69. The van der Waals surface area contributed by atoms with Crippen LogP contribution in [0.25, 0.3) is 0 Å². The summed E-state index contributed by atoms with van der Waals surface area (Å²) >= 11 is 6.57. The zero-order valence-electron chi connectivity index (χ0n) is 8.64. The van der Waals surface area contributed by atoms with Gasteiger partial charge in [-0.15, -0.1) is 0 Å². The maximum atomic E-state index is 11.9. The zero-order chi connectivity index (χ0) is 12.5. The third kappa shape index (κ3) is 2.80. The van der Waals surface area contributed by atoms with Crippen LogP contribution in [0.5, 0.6) is 0 Å². The fourth-order valence-electron chi connectivity index (χ4n) is 1.14. The Morgan fingerprint density at radius 1 is 1.59 bits per heavy atom. The van der Waals surface area contributed by atoms with Gasteiger partial charge in [-0.3, -0.25) is 5.10 Å². The van der Waals surface area contributed by atoms with Gasteiger partial charge in [0.2, 0.25) is 0 Å². The molecule has 0 amide bonds. The van der Waals surface area contributed by atoms with Crippen LogP contribution >= 0.6 is 22.9 Å². The van der Waals surface area contributed by atoms with Gasteiger partial charge >= 0.3 is 0 Å². The van der Waals surface area contributed by atoms with Crippen molar-refractivity contribution in [2.45, 2.75) is 17.7 Å². The topological polar surface area (TPSA) is 101 Å². The van der Waals surface area contributed by atoms with Crippen LogP contribution in [0.1, 0.15) is 11.5 Å². The van der Waals surface area contributed by atoms with Crippen molar-refractivity contribution in [1.82, 2.24) is 24.9 Å². The van der Waals surface area contributed by atoms with E-state index in [4.69, 9.17) is 11.6 Å². The normalized spacial score (nSPS) is 11.9. The molecule has 10 heteroatoms. The largest absolute Gasteiger partial charge is 0.262 e. The first-order valence-electron chi connectivity index (χ1n) is 4.46. The summed E-state index contributed by atoms with van der Waals surface area (Å²) in [7, 11) is -3.61. The number of nitrogens with one attached hydrogen (secondary N) is 2. The summed E-state index contributed by atoms with van der Waals surface area (Å²) in [5, 5.41) is 6.17. The molecule has 2 aromatic heterocycles. The van der Waals surface area contributed by atoms with Crippen LogP contribution in [0.2, 0.25) is 4.47 Å². The fourth-order valence-corrected chi connectivity index (χ4v) is 3.91. The minimum atomic E-state index is -3.61. The number of sulfonamides is 1. The Bertz CT molecular complexity index is 606. The van der Waals surface area contributed by atoms with Gasteiger partial charge in [0.1, 0.15) is 12.2 Å². The Labute approximate surface area is 106 Å². The summed E-state index contributed by atoms with van der Waals surface area (Å²) in [6.45, 7) is 1.63. The van der Waals surface area contributed by atoms with Gasteiger partial charge in [0.15, 0.2) is 8.68 Å². The Balaban J connectivity index is 2.17. The van der Waals surface area contributed by atoms with Crippen LogP contribution in [-0.4, -0.2) is 28.6 Å². The van der Waals surface area contributed by atoms with Gasteiger partial charge in [-0.1, -0.05) is 22.9 Å². The monoisotopic (exact) mass is 293 g/mol. The van der Waals surface area contributed by atoms with E-state index in [2.05, 4.69) is 24.9 Å². The van der Waals surface area contributed by atoms with Gasteiger partial charge in [0, 0.05) is 0 Å². The Kier molecular flexibility index (Phi) is 3.43. The number of aromatic nitrogens is 4. The van der Waals surface area contributed by atoms with Crippen molar-refractivity contribution in [2.24, 2.45) is 0 Å². The molecule has 0 radical (unpaired) electrons. The molecule has 0 spiro atoms. The fraction of sp³-hybridized carbons (Fsp3) is 0.286. The molecule has 7 nitrogen and oxygen atoms in total. The van der Waals surface area contributed by atoms with Crippen LogP contribution in [0.15, 0.2) is 10.5 Å². The molecule has 0 atom stereocenters. The second-order valence-electron chi connectivity index (χ2n) is 3.10. The number of halogens is 1. The maximum Gasteiger partial charge on any atom is 0.252 e. The molecule has 0 saturated carbocycles. The molecule has 2 rings (SSSR count). The average Bonchev–Trinajstić information content (AvgIpc) is 2.85. The number of nitrogens with zero attached hydrogens (tertiary/aromatic N) is 3. The van der Waals surface area contributed by atoms with E-state index in [-0.39, 0.29) is 15.2 Å². The standard InChI is InChI=1S/C7H8ClN5O2S2/c1-4-6(16-7(8)12-4)17(14,15)11-2-5-9-3-10-13-5/h3,11H,2H2,1H3,(H,9,10,13). The number of H-pyrrole nitrogens is 1. The zero-order valence-corrected chi connectivity index (χ0v) is 11.0. The third-order valence-electron chi connectivity index (χ3n) is 1.87. The summed E-state index contributed by atoms with van der Waals surface area (Å²) < 4.78 is 26.5. The quantitative estimate of drug-likeness (QED) is 0.864. The lowest BCUT2D eigenvalue weighted by atomic mass is 10.6. The van der Waals surface area contributed by atoms with Crippen molar-refractivity contribution in [3.8, 4) is 0 Å². The van der Waals surface area contributed by atoms with Crippen LogP contribution in [0.3, 0.4) is 0 Å². The molecule has 0 aliphatic carbocycles. The molecule has 0 saturated heterocycles. The Morgan fingerprint density at radius 3 is 2.88 bits per heavy atom. The van der Waals surface area contributed by atoms with Crippen molar-refractivity contribution in [1.29, 1.82) is 0 Å². The Morgan fingerprint density at radius 2 is 2.35 bits per heavy atom. The van der Waals surface area contributed by atoms with E-state index in [9.17, 15) is 8.42 Å². The number of rotatable bonds is 4. The van der Waals surface area contributed by atoms with Crippen LogP contribution in [-0.2, 0) is 16.6 Å². The summed E-state index contributed by atoms with van der Waals surface area (Å²) in [6, 6.07) is 0. The number of hydrogen-bond donors (Lipinski definition) is 2. The van der Waals surface area contributed by atoms with Crippen molar-refractivity contribution in [3.63, 3.8) is 0 Å². The number of aryl methyl sites for hydroxylation is 1. The maximum absolute atomic E-state index is 11.9. The van der Waals surface area contributed by atoms with E-state index in [1.54, 1.807) is 6.92 Å². The lowest BCUT2D eigenvalue weighted by Gasteiger charge is -2.02. The minimum Gasteiger partial charge on any atom is -0.262 e. The first kappa shape index (κ1) is 12.4. The molecular weight excluding hydrogens is 286 g/mol. The molecule has 0 unspecified atom stereocenters. The van der Waals surface area contributed by atoms with E-state index < -0.39 is 10.0 Å². The lowest BCUT2D eigenvalue weighted by Crippen LogP contribution is -2.23. The van der Waals surface area contributed by atoms with Gasteiger partial charge in [-0.05, 0) is 6.92 Å². The predicted octanol–water partition coefficient (Wildman–Crippen LogP) is 0.702. The van der Waals surface area contributed by atoms with Gasteiger partial charge in [0.05, 0.1) is 12.2 Å². The smallest absolute Gasteiger partial charge is 0.252 e. The van der Waals surface area contributed by atoms with Gasteiger partial charge in [-0.2, -0.15) is 5.10 Å². The Hall–Kier alpha value is -1.03. The summed E-state index contributed by atoms with van der Waals surface area (Å²) in [4.78, 5) is 7.66. The van der Waals surface area contributed by atoms with Crippen molar-refractivity contribution in [2.75, 3.05) is 0 Å². The first-order valence-corrected chi connectivity index (χ1v) is 7.13. The third-order valence-corrected chi connectivity index (χ3v) is 5.14. The highest BCUT2D eigenvalue weighted by Gasteiger charge is 2.21. The molecule has 2 heterocycles. The molecule has 2 N–H and O–H groups in total. The SMILES string of the molecule is Cc1nc(Cl)sc1S(=O)(=O)NCc1ncn[nH]1. The highest BCUT2D eigenvalue weighted by molar-refractivity contribution is 7.91. The van der Waals surface area contributed by atoms with Gasteiger partial charge in [0.25, 0.3) is 10.0 Å². The molecule has 0 aliphatic heterocycles. The van der Waals surface area contributed by atoms with Gasteiger partial charge in [-0.25, -0.2) is 23.1 Å². The van der Waals surface area contributed by atoms with Crippen molar-refractivity contribution >= 4 is 33.0 Å². The molecule has 0 aromatic carbocycles.